The Labute approximate surface area is 126 Å². The Morgan fingerprint density at radius 2 is 1.91 bits per heavy atom. The molecule has 0 aromatic heterocycles. The molecule has 0 bridgehead atoms. The maximum absolute atomic E-state index is 12.6. The number of benzene rings is 1. The molecule has 0 amide bonds. The van der Waals surface area contributed by atoms with Crippen LogP contribution < -0.4 is 0 Å². The van der Waals surface area contributed by atoms with Crippen molar-refractivity contribution in [3.8, 4) is 0 Å². The van der Waals surface area contributed by atoms with Crippen LogP contribution in [0.2, 0.25) is 0 Å². The molecule has 0 saturated carbocycles. The third-order valence-corrected chi connectivity index (χ3v) is 6.03. The van der Waals surface area contributed by atoms with Gasteiger partial charge in [-0.15, -0.1) is 0 Å². The van der Waals surface area contributed by atoms with Crippen molar-refractivity contribution < 1.29 is 22.9 Å². The first-order valence-electron chi connectivity index (χ1n) is 6.71. The number of rotatable bonds is 4. The summed E-state index contributed by atoms with van der Waals surface area (Å²) in [6.45, 7) is 0. The number of nitrogens with zero attached hydrogens (tertiary/aromatic N) is 1. The quantitative estimate of drug-likeness (QED) is 0.357. The van der Waals surface area contributed by atoms with E-state index in [-0.39, 0.29) is 17.2 Å². The van der Waals surface area contributed by atoms with Crippen molar-refractivity contribution in [2.75, 3.05) is 0 Å². The number of hydrogen-bond acceptors (Lipinski definition) is 6. The van der Waals surface area contributed by atoms with E-state index in [4.69, 9.17) is 4.74 Å². The lowest BCUT2D eigenvalue weighted by atomic mass is 9.99. The smallest absolute Gasteiger partial charge is 0.324 e. The predicted octanol–water partition coefficient (Wildman–Crippen LogP) is 1.18. The molecule has 116 valence electrons. The largest absolute Gasteiger partial charge is 0.461 e. The summed E-state index contributed by atoms with van der Waals surface area (Å²) in [6, 6.07) is 7.29. The molecule has 4 atom stereocenters. The Balaban J connectivity index is 2.00. The van der Waals surface area contributed by atoms with E-state index in [2.05, 4.69) is 0 Å². The molecule has 1 aliphatic heterocycles. The summed E-state index contributed by atoms with van der Waals surface area (Å²) in [4.78, 5) is 21.8. The fourth-order valence-corrected chi connectivity index (χ4v) is 4.69. The molecule has 1 aliphatic carbocycles. The lowest BCUT2D eigenvalue weighted by Crippen LogP contribution is -2.41. The summed E-state index contributed by atoms with van der Waals surface area (Å²) in [5.41, 5.74) is 0. The van der Waals surface area contributed by atoms with Gasteiger partial charge in [-0.3, -0.25) is 14.9 Å². The number of carbonyl (C=O) groups is 1. The fourth-order valence-electron chi connectivity index (χ4n) is 2.99. The molecule has 1 fully saturated rings. The minimum Gasteiger partial charge on any atom is -0.461 e. The second-order valence-corrected chi connectivity index (χ2v) is 7.36. The van der Waals surface area contributed by atoms with Gasteiger partial charge in [0.2, 0.25) is 9.84 Å². The highest BCUT2D eigenvalue weighted by Gasteiger charge is 2.54. The van der Waals surface area contributed by atoms with Crippen molar-refractivity contribution in [2.24, 2.45) is 11.8 Å². The average molecular weight is 323 g/mol. The van der Waals surface area contributed by atoms with E-state index in [0.29, 0.717) is 0 Å². The van der Waals surface area contributed by atoms with Gasteiger partial charge in [0.15, 0.2) is 0 Å². The number of nitro groups is 1. The first kappa shape index (κ1) is 14.7. The van der Waals surface area contributed by atoms with E-state index < -0.39 is 38.1 Å². The maximum atomic E-state index is 12.6. The van der Waals surface area contributed by atoms with Crippen LogP contribution in [0.4, 0.5) is 0 Å². The van der Waals surface area contributed by atoms with Gasteiger partial charge in [0.05, 0.1) is 17.2 Å². The van der Waals surface area contributed by atoms with Crippen LogP contribution in [-0.4, -0.2) is 30.8 Å². The fraction of sp³-hybridized carbons (Fsp3) is 0.357. The standard InChI is InChI=1S/C14H13NO6S/c16-12-8-9-6-7-11(13(9)21-12)14(15(17)18)22(19,20)10-4-2-1-3-5-10/h1-7,9,11,13-14H,8H2/t9-,11+,13+,14?/m0/s1. The van der Waals surface area contributed by atoms with Crippen molar-refractivity contribution in [1.82, 2.24) is 0 Å². The van der Waals surface area contributed by atoms with Gasteiger partial charge in [0, 0.05) is 10.8 Å². The van der Waals surface area contributed by atoms with Gasteiger partial charge in [0.1, 0.15) is 6.10 Å². The van der Waals surface area contributed by atoms with Gasteiger partial charge in [-0.05, 0) is 12.1 Å². The molecule has 22 heavy (non-hydrogen) atoms. The summed E-state index contributed by atoms with van der Waals surface area (Å²) < 4.78 is 30.3. The summed E-state index contributed by atoms with van der Waals surface area (Å²) in [6.07, 6.45) is 2.47. The summed E-state index contributed by atoms with van der Waals surface area (Å²) in [5, 5.41) is 9.56. The lowest BCUT2D eigenvalue weighted by Gasteiger charge is -2.21. The molecule has 8 heteroatoms. The Bertz CT molecular complexity index is 742. The molecule has 1 aromatic carbocycles. The van der Waals surface area contributed by atoms with Crippen LogP contribution >= 0.6 is 0 Å². The van der Waals surface area contributed by atoms with Gasteiger partial charge in [-0.25, -0.2) is 8.42 Å². The van der Waals surface area contributed by atoms with Crippen LogP contribution in [0.15, 0.2) is 47.4 Å². The minimum absolute atomic E-state index is 0.113. The van der Waals surface area contributed by atoms with Crippen LogP contribution in [0.3, 0.4) is 0 Å². The number of fused-ring (bicyclic) bond motifs is 1. The summed E-state index contributed by atoms with van der Waals surface area (Å²) in [5.74, 6) is -1.72. The van der Waals surface area contributed by atoms with Gasteiger partial charge in [-0.1, -0.05) is 30.4 Å². The molecule has 1 saturated heterocycles. The van der Waals surface area contributed by atoms with E-state index in [1.54, 1.807) is 12.1 Å². The van der Waals surface area contributed by atoms with Crippen molar-refractivity contribution in [2.45, 2.75) is 22.8 Å². The van der Waals surface area contributed by atoms with Crippen LogP contribution in [-0.2, 0) is 19.4 Å². The van der Waals surface area contributed by atoms with Crippen LogP contribution in [0.1, 0.15) is 6.42 Å². The van der Waals surface area contributed by atoms with Crippen LogP contribution in [0.25, 0.3) is 0 Å². The third-order valence-electron chi connectivity index (χ3n) is 3.98. The molecule has 3 rings (SSSR count). The molecular formula is C14H13NO6S. The van der Waals surface area contributed by atoms with Crippen molar-refractivity contribution in [3.63, 3.8) is 0 Å². The SMILES string of the molecule is O=C1C[C@@H]2C=C[C@@H](C([N+](=O)[O-])S(=O)(=O)c3ccccc3)[C@@H]2O1. The normalized spacial score (nSPS) is 28.2. The zero-order chi connectivity index (χ0) is 15.9. The maximum Gasteiger partial charge on any atom is 0.324 e. The summed E-state index contributed by atoms with van der Waals surface area (Å²) in [7, 11) is -4.18. The van der Waals surface area contributed by atoms with E-state index in [0.717, 1.165) is 0 Å². The Morgan fingerprint density at radius 1 is 1.23 bits per heavy atom. The van der Waals surface area contributed by atoms with E-state index in [1.807, 2.05) is 0 Å². The Kier molecular flexibility index (Phi) is 3.48. The van der Waals surface area contributed by atoms with Crippen LogP contribution in [0.5, 0.6) is 0 Å². The monoisotopic (exact) mass is 323 g/mol. The van der Waals surface area contributed by atoms with Crippen molar-refractivity contribution in [3.05, 3.63) is 52.6 Å². The zero-order valence-electron chi connectivity index (χ0n) is 11.4. The first-order chi connectivity index (χ1) is 10.4. The second kappa shape index (κ2) is 5.20. The highest BCUT2D eigenvalue weighted by atomic mass is 32.2. The molecular weight excluding hydrogens is 310 g/mol. The molecule has 1 aromatic rings. The molecule has 0 spiro atoms. The van der Waals surface area contributed by atoms with Gasteiger partial charge in [0.25, 0.3) is 0 Å². The Hall–Kier alpha value is -2.22. The van der Waals surface area contributed by atoms with Crippen molar-refractivity contribution >= 4 is 15.8 Å². The predicted molar refractivity (Wildman–Crippen MR) is 75.0 cm³/mol. The average Bonchev–Trinajstić information content (AvgIpc) is 3.00. The van der Waals surface area contributed by atoms with Gasteiger partial charge < -0.3 is 4.74 Å². The molecule has 0 N–H and O–H groups in total. The number of esters is 1. The van der Waals surface area contributed by atoms with Crippen LogP contribution in [0, 0.1) is 22.0 Å². The molecule has 2 aliphatic rings. The zero-order valence-corrected chi connectivity index (χ0v) is 12.2. The second-order valence-electron chi connectivity index (χ2n) is 5.32. The molecule has 1 unspecified atom stereocenters. The number of carbonyl (C=O) groups excluding carboxylic acids is 1. The number of hydrogen-bond donors (Lipinski definition) is 0. The lowest BCUT2D eigenvalue weighted by molar-refractivity contribution is -0.505. The highest BCUT2D eigenvalue weighted by molar-refractivity contribution is 7.91. The van der Waals surface area contributed by atoms with E-state index in [9.17, 15) is 23.3 Å². The highest BCUT2D eigenvalue weighted by Crippen LogP contribution is 2.40. The Morgan fingerprint density at radius 3 is 2.55 bits per heavy atom. The van der Waals surface area contributed by atoms with E-state index >= 15 is 0 Å². The number of ether oxygens (including phenoxy) is 1. The van der Waals surface area contributed by atoms with E-state index in [1.165, 1.54) is 30.3 Å². The molecule has 0 radical (unpaired) electrons. The third kappa shape index (κ3) is 2.29. The first-order valence-corrected chi connectivity index (χ1v) is 8.26. The summed E-state index contributed by atoms with van der Waals surface area (Å²) >= 11 is 0. The molecule has 1 heterocycles. The van der Waals surface area contributed by atoms with Gasteiger partial charge in [-0.2, -0.15) is 0 Å². The minimum atomic E-state index is -4.18. The number of sulfone groups is 1. The van der Waals surface area contributed by atoms with Crippen molar-refractivity contribution in [1.29, 1.82) is 0 Å². The molecule has 7 nitrogen and oxygen atoms in total. The van der Waals surface area contributed by atoms with Gasteiger partial charge >= 0.3 is 11.3 Å². The topological polar surface area (TPSA) is 104 Å².